The molecular weight excluding hydrogens is 389 g/mol. The summed E-state index contributed by atoms with van der Waals surface area (Å²) >= 11 is 0. The van der Waals surface area contributed by atoms with Crippen molar-refractivity contribution in [1.29, 1.82) is 0 Å². The van der Waals surface area contributed by atoms with Gasteiger partial charge in [-0.3, -0.25) is 4.79 Å². The maximum absolute atomic E-state index is 13.1. The number of hydrogen-bond acceptors (Lipinski definition) is 2. The van der Waals surface area contributed by atoms with Crippen LogP contribution in [0.3, 0.4) is 0 Å². The number of fused-ring (bicyclic) bond motifs is 3. The topological polar surface area (TPSA) is 56.9 Å². The molecular formula is C26H30FN3O. The molecule has 3 aromatic rings. The Bertz CT molecular complexity index is 1070. The lowest BCUT2D eigenvalue weighted by Crippen LogP contribution is -2.36. The monoisotopic (exact) mass is 419 g/mol. The van der Waals surface area contributed by atoms with Gasteiger partial charge in [-0.2, -0.15) is 0 Å². The summed E-state index contributed by atoms with van der Waals surface area (Å²) < 4.78 is 13.1. The van der Waals surface area contributed by atoms with Crippen molar-refractivity contribution in [3.05, 3.63) is 65.1 Å². The number of aromatic amines is 1. The fourth-order valence-corrected chi connectivity index (χ4v) is 5.25. The number of benzene rings is 2. The fourth-order valence-electron chi connectivity index (χ4n) is 5.25. The Morgan fingerprint density at radius 2 is 1.81 bits per heavy atom. The first kappa shape index (κ1) is 20.3. The standard InChI is InChI=1S/C26H30FN3O/c27-18-11-9-17(10-12-18)15-25(31)29-20-13-14-23-22(16-20)21-7-4-8-24(26(21)30-23)28-19-5-2-1-3-6-19/h9-14,16,19,24,28,30H,1-8,15H2,(H,29,31). The Balaban J connectivity index is 1.32. The van der Waals surface area contributed by atoms with Gasteiger partial charge in [-0.15, -0.1) is 0 Å². The number of hydrogen-bond donors (Lipinski definition) is 3. The summed E-state index contributed by atoms with van der Waals surface area (Å²) in [6.45, 7) is 0. The number of H-pyrrole nitrogens is 1. The van der Waals surface area contributed by atoms with Gasteiger partial charge in [0.1, 0.15) is 5.82 Å². The molecule has 0 aliphatic heterocycles. The van der Waals surface area contributed by atoms with Crippen molar-refractivity contribution in [1.82, 2.24) is 10.3 Å². The van der Waals surface area contributed by atoms with Crippen molar-refractivity contribution < 1.29 is 9.18 Å². The summed E-state index contributed by atoms with van der Waals surface area (Å²) in [6.07, 6.45) is 10.3. The van der Waals surface area contributed by atoms with Crippen LogP contribution >= 0.6 is 0 Å². The van der Waals surface area contributed by atoms with Gasteiger partial charge in [-0.05, 0) is 73.6 Å². The number of aryl methyl sites for hydroxylation is 1. The van der Waals surface area contributed by atoms with Gasteiger partial charge >= 0.3 is 0 Å². The minimum absolute atomic E-state index is 0.0906. The molecule has 2 aromatic carbocycles. The fraction of sp³-hybridized carbons (Fsp3) is 0.423. The van der Waals surface area contributed by atoms with E-state index in [0.717, 1.165) is 23.2 Å². The number of amides is 1. The second kappa shape index (κ2) is 8.83. The van der Waals surface area contributed by atoms with Crippen molar-refractivity contribution in [2.75, 3.05) is 5.32 Å². The van der Waals surface area contributed by atoms with E-state index in [0.29, 0.717) is 12.1 Å². The Labute approximate surface area is 182 Å². The third-order valence-corrected chi connectivity index (χ3v) is 6.81. The molecule has 3 N–H and O–H groups in total. The van der Waals surface area contributed by atoms with Crippen molar-refractivity contribution in [3.8, 4) is 0 Å². The summed E-state index contributed by atoms with van der Waals surface area (Å²) in [6, 6.07) is 13.2. The van der Waals surface area contributed by atoms with E-state index in [1.54, 1.807) is 12.1 Å². The predicted octanol–water partition coefficient (Wildman–Crippen LogP) is 5.79. The van der Waals surface area contributed by atoms with Crippen LogP contribution in [0.4, 0.5) is 10.1 Å². The summed E-state index contributed by atoms with van der Waals surface area (Å²) in [5.74, 6) is -0.379. The lowest BCUT2D eigenvalue weighted by molar-refractivity contribution is -0.115. The first-order valence-corrected chi connectivity index (χ1v) is 11.6. The molecule has 4 nitrogen and oxygen atoms in total. The van der Waals surface area contributed by atoms with E-state index in [-0.39, 0.29) is 18.1 Å². The highest BCUT2D eigenvalue weighted by Crippen LogP contribution is 2.36. The van der Waals surface area contributed by atoms with Crippen molar-refractivity contribution in [3.63, 3.8) is 0 Å². The van der Waals surface area contributed by atoms with Gasteiger partial charge in [0, 0.05) is 34.4 Å². The van der Waals surface area contributed by atoms with Gasteiger partial charge in [0.05, 0.1) is 6.42 Å². The van der Waals surface area contributed by atoms with Gasteiger partial charge in [-0.1, -0.05) is 31.4 Å². The van der Waals surface area contributed by atoms with E-state index in [4.69, 9.17) is 0 Å². The molecule has 5 heteroatoms. The third kappa shape index (κ3) is 4.52. The van der Waals surface area contributed by atoms with Crippen LogP contribution < -0.4 is 10.6 Å². The molecule has 1 amide bonds. The van der Waals surface area contributed by atoms with Crippen LogP contribution in [0.25, 0.3) is 10.9 Å². The zero-order valence-corrected chi connectivity index (χ0v) is 17.8. The molecule has 1 atom stereocenters. The summed E-state index contributed by atoms with van der Waals surface area (Å²) in [5, 5.41) is 8.15. The summed E-state index contributed by atoms with van der Waals surface area (Å²) in [7, 11) is 0. The van der Waals surface area contributed by atoms with Crippen LogP contribution in [0.2, 0.25) is 0 Å². The normalized spacial score (nSPS) is 19.3. The number of anilines is 1. The molecule has 1 unspecified atom stereocenters. The first-order valence-electron chi connectivity index (χ1n) is 11.6. The second-order valence-corrected chi connectivity index (χ2v) is 9.08. The zero-order chi connectivity index (χ0) is 21.2. The highest BCUT2D eigenvalue weighted by atomic mass is 19.1. The summed E-state index contributed by atoms with van der Waals surface area (Å²) in [5.41, 5.74) is 5.48. The van der Waals surface area contributed by atoms with Gasteiger partial charge in [-0.25, -0.2) is 4.39 Å². The molecule has 5 rings (SSSR count). The molecule has 1 fully saturated rings. The van der Waals surface area contributed by atoms with Crippen LogP contribution in [-0.4, -0.2) is 16.9 Å². The first-order chi connectivity index (χ1) is 15.2. The Hall–Kier alpha value is -2.66. The smallest absolute Gasteiger partial charge is 0.228 e. The molecule has 0 bridgehead atoms. The molecule has 1 heterocycles. The number of carbonyl (C=O) groups is 1. The lowest BCUT2D eigenvalue weighted by atomic mass is 9.89. The summed E-state index contributed by atoms with van der Waals surface area (Å²) in [4.78, 5) is 16.2. The minimum Gasteiger partial charge on any atom is -0.357 e. The predicted molar refractivity (Wildman–Crippen MR) is 123 cm³/mol. The average molecular weight is 420 g/mol. The van der Waals surface area contributed by atoms with E-state index < -0.39 is 0 Å². The van der Waals surface area contributed by atoms with Crippen LogP contribution in [0, 0.1) is 5.82 Å². The quantitative estimate of drug-likeness (QED) is 0.490. The van der Waals surface area contributed by atoms with Crippen LogP contribution in [0.5, 0.6) is 0 Å². The van der Waals surface area contributed by atoms with Crippen LogP contribution in [0.15, 0.2) is 42.5 Å². The van der Waals surface area contributed by atoms with Gasteiger partial charge in [0.15, 0.2) is 0 Å². The maximum Gasteiger partial charge on any atom is 0.228 e. The highest BCUT2D eigenvalue weighted by molar-refractivity contribution is 5.96. The molecule has 0 spiro atoms. The lowest BCUT2D eigenvalue weighted by Gasteiger charge is -2.31. The third-order valence-electron chi connectivity index (χ3n) is 6.81. The molecule has 1 aromatic heterocycles. The Kier molecular flexibility index (Phi) is 5.77. The van der Waals surface area contributed by atoms with Gasteiger partial charge in [0.2, 0.25) is 5.91 Å². The van der Waals surface area contributed by atoms with E-state index in [9.17, 15) is 9.18 Å². The molecule has 2 aliphatic rings. The van der Waals surface area contributed by atoms with E-state index in [1.165, 1.54) is 73.7 Å². The van der Waals surface area contributed by atoms with E-state index >= 15 is 0 Å². The van der Waals surface area contributed by atoms with Gasteiger partial charge in [0.25, 0.3) is 0 Å². The molecule has 1 saturated carbocycles. The van der Waals surface area contributed by atoms with Crippen LogP contribution in [-0.2, 0) is 17.6 Å². The number of halogens is 1. The zero-order valence-electron chi connectivity index (χ0n) is 17.8. The number of carbonyl (C=O) groups excluding carboxylic acids is 1. The van der Waals surface area contributed by atoms with E-state index in [1.807, 2.05) is 6.07 Å². The number of nitrogens with one attached hydrogen (secondary N) is 3. The maximum atomic E-state index is 13.1. The van der Waals surface area contributed by atoms with Crippen molar-refractivity contribution >= 4 is 22.5 Å². The Morgan fingerprint density at radius 3 is 2.61 bits per heavy atom. The highest BCUT2D eigenvalue weighted by Gasteiger charge is 2.27. The molecule has 162 valence electrons. The second-order valence-electron chi connectivity index (χ2n) is 9.08. The van der Waals surface area contributed by atoms with E-state index in [2.05, 4.69) is 27.8 Å². The van der Waals surface area contributed by atoms with Crippen molar-refractivity contribution in [2.24, 2.45) is 0 Å². The number of rotatable bonds is 5. The molecule has 31 heavy (non-hydrogen) atoms. The largest absolute Gasteiger partial charge is 0.357 e. The molecule has 0 saturated heterocycles. The van der Waals surface area contributed by atoms with Crippen LogP contribution in [0.1, 0.15) is 67.8 Å². The molecule has 0 radical (unpaired) electrons. The number of aromatic nitrogens is 1. The van der Waals surface area contributed by atoms with Gasteiger partial charge < -0.3 is 15.6 Å². The SMILES string of the molecule is O=C(Cc1ccc(F)cc1)Nc1ccc2[nH]c3c(c2c1)CCCC3NC1CCCCC1. The average Bonchev–Trinajstić information content (AvgIpc) is 3.15. The minimum atomic E-state index is -0.289. The molecule has 2 aliphatic carbocycles. The Morgan fingerprint density at radius 1 is 1.00 bits per heavy atom. The van der Waals surface area contributed by atoms with Crippen molar-refractivity contribution in [2.45, 2.75) is 69.9 Å².